The monoisotopic (exact) mass is 369 g/mol. The normalized spacial score (nSPS) is 24.6. The van der Waals surface area contributed by atoms with Gasteiger partial charge in [-0.3, -0.25) is 4.79 Å². The van der Waals surface area contributed by atoms with Crippen LogP contribution in [0.2, 0.25) is 8.67 Å². The summed E-state index contributed by atoms with van der Waals surface area (Å²) >= 11 is 16.7. The van der Waals surface area contributed by atoms with Gasteiger partial charge in [-0.2, -0.15) is 0 Å². The first-order chi connectivity index (χ1) is 8.58. The van der Waals surface area contributed by atoms with Gasteiger partial charge < -0.3 is 5.32 Å². The lowest BCUT2D eigenvalue weighted by molar-refractivity contribution is 0.0935. The van der Waals surface area contributed by atoms with Crippen molar-refractivity contribution in [3.8, 4) is 0 Å². The molecule has 2 nitrogen and oxygen atoms in total. The summed E-state index contributed by atoms with van der Waals surface area (Å²) < 4.78 is 0.999. The Balaban J connectivity index is 2.04. The van der Waals surface area contributed by atoms with Gasteiger partial charge >= 0.3 is 0 Å². The number of carbonyl (C=O) groups excluding carboxylic acids is 1. The number of hydrogen-bond donors (Lipinski definition) is 1. The minimum absolute atomic E-state index is 0.125. The topological polar surface area (TPSA) is 29.1 Å². The third kappa shape index (κ3) is 3.62. The fourth-order valence-electron chi connectivity index (χ4n) is 2.17. The molecule has 1 heterocycles. The largest absolute Gasteiger partial charge is 0.348 e. The van der Waals surface area contributed by atoms with Gasteiger partial charge in [0.05, 0.1) is 9.90 Å². The van der Waals surface area contributed by atoms with Gasteiger partial charge in [-0.1, -0.05) is 58.4 Å². The Morgan fingerprint density at radius 3 is 2.72 bits per heavy atom. The first-order valence-corrected chi connectivity index (χ1v) is 8.46. The molecule has 1 aliphatic carbocycles. The smallest absolute Gasteiger partial charge is 0.253 e. The standard InChI is InChI=1S/C12H14BrCl2NOS/c13-8-4-2-1-3-5-9(8)16-12(17)7-6-10(14)18-11(7)15/h6,8-9H,1-5H2,(H,16,17). The number of rotatable bonds is 2. The lowest BCUT2D eigenvalue weighted by Crippen LogP contribution is -2.40. The number of hydrogen-bond acceptors (Lipinski definition) is 2. The molecule has 1 fully saturated rings. The second-order valence-electron chi connectivity index (χ2n) is 4.47. The minimum Gasteiger partial charge on any atom is -0.348 e. The zero-order valence-corrected chi connectivity index (χ0v) is 13.6. The van der Waals surface area contributed by atoms with Crippen molar-refractivity contribution < 1.29 is 4.79 Å². The highest BCUT2D eigenvalue weighted by Crippen LogP contribution is 2.31. The number of amides is 1. The molecule has 6 heteroatoms. The summed E-state index contributed by atoms with van der Waals surface area (Å²) in [5.74, 6) is -0.125. The maximum absolute atomic E-state index is 12.1. The van der Waals surface area contributed by atoms with Gasteiger partial charge in [0.25, 0.3) is 5.91 Å². The van der Waals surface area contributed by atoms with E-state index < -0.39 is 0 Å². The second kappa shape index (κ2) is 6.60. The van der Waals surface area contributed by atoms with E-state index in [9.17, 15) is 4.79 Å². The first kappa shape index (κ1) is 14.6. The average molecular weight is 371 g/mol. The Hall–Kier alpha value is 0.230. The molecule has 2 unspecified atom stereocenters. The molecule has 1 amide bonds. The third-order valence-corrected chi connectivity index (χ3v) is 5.73. The van der Waals surface area contributed by atoms with E-state index in [2.05, 4.69) is 21.2 Å². The highest BCUT2D eigenvalue weighted by Gasteiger charge is 2.24. The van der Waals surface area contributed by atoms with Crippen LogP contribution < -0.4 is 5.32 Å². The Labute approximate surface area is 129 Å². The van der Waals surface area contributed by atoms with Gasteiger partial charge in [0.2, 0.25) is 0 Å². The van der Waals surface area contributed by atoms with Gasteiger partial charge in [0.15, 0.2) is 0 Å². The molecule has 0 bridgehead atoms. The molecule has 0 saturated heterocycles. The van der Waals surface area contributed by atoms with E-state index in [4.69, 9.17) is 23.2 Å². The van der Waals surface area contributed by atoms with E-state index in [-0.39, 0.29) is 11.9 Å². The van der Waals surface area contributed by atoms with Crippen LogP contribution in [-0.2, 0) is 0 Å². The molecule has 1 aromatic rings. The van der Waals surface area contributed by atoms with Gasteiger partial charge in [-0.25, -0.2) is 0 Å². The van der Waals surface area contributed by atoms with Crippen LogP contribution in [0.4, 0.5) is 0 Å². The molecule has 2 rings (SSSR count). The molecule has 18 heavy (non-hydrogen) atoms. The van der Waals surface area contributed by atoms with Crippen LogP contribution in [-0.4, -0.2) is 16.8 Å². The van der Waals surface area contributed by atoms with Gasteiger partial charge in [0.1, 0.15) is 4.34 Å². The van der Waals surface area contributed by atoms with Crippen LogP contribution in [0.25, 0.3) is 0 Å². The van der Waals surface area contributed by atoms with Crippen molar-refractivity contribution in [2.24, 2.45) is 0 Å². The highest BCUT2D eigenvalue weighted by atomic mass is 79.9. The van der Waals surface area contributed by atoms with Gasteiger partial charge in [0, 0.05) is 10.9 Å². The second-order valence-corrected chi connectivity index (χ2v) is 7.93. The zero-order valence-electron chi connectivity index (χ0n) is 9.72. The van der Waals surface area contributed by atoms with E-state index in [1.54, 1.807) is 6.07 Å². The summed E-state index contributed by atoms with van der Waals surface area (Å²) in [5.41, 5.74) is 0.482. The maximum atomic E-state index is 12.1. The molecule has 0 radical (unpaired) electrons. The molecular formula is C12H14BrCl2NOS. The Morgan fingerprint density at radius 1 is 1.33 bits per heavy atom. The van der Waals surface area contributed by atoms with E-state index in [1.165, 1.54) is 24.2 Å². The lowest BCUT2D eigenvalue weighted by atomic mass is 10.1. The molecule has 100 valence electrons. The van der Waals surface area contributed by atoms with Crippen molar-refractivity contribution in [2.45, 2.75) is 43.0 Å². The van der Waals surface area contributed by atoms with E-state index in [0.717, 1.165) is 19.3 Å². The van der Waals surface area contributed by atoms with Crippen molar-refractivity contribution in [1.29, 1.82) is 0 Å². The predicted octanol–water partition coefficient (Wildman–Crippen LogP) is 4.88. The predicted molar refractivity (Wildman–Crippen MR) is 81.4 cm³/mol. The van der Waals surface area contributed by atoms with E-state index in [1.807, 2.05) is 0 Å². The average Bonchev–Trinajstić information content (AvgIpc) is 2.52. The van der Waals surface area contributed by atoms with Crippen molar-refractivity contribution in [3.63, 3.8) is 0 Å². The summed E-state index contributed by atoms with van der Waals surface area (Å²) in [6.45, 7) is 0. The molecule has 1 aliphatic rings. The fraction of sp³-hybridized carbons (Fsp3) is 0.583. The van der Waals surface area contributed by atoms with Crippen molar-refractivity contribution in [1.82, 2.24) is 5.32 Å². The summed E-state index contributed by atoms with van der Waals surface area (Å²) in [6, 6.07) is 1.80. The van der Waals surface area contributed by atoms with Crippen LogP contribution in [0, 0.1) is 0 Å². The third-order valence-electron chi connectivity index (χ3n) is 3.15. The van der Waals surface area contributed by atoms with Crippen LogP contribution in [0.5, 0.6) is 0 Å². The van der Waals surface area contributed by atoms with Gasteiger partial charge in [-0.15, -0.1) is 11.3 Å². The Bertz CT molecular complexity index is 438. The van der Waals surface area contributed by atoms with Crippen molar-refractivity contribution in [2.75, 3.05) is 0 Å². The molecular weight excluding hydrogens is 357 g/mol. The van der Waals surface area contributed by atoms with E-state index in [0.29, 0.717) is 19.1 Å². The number of alkyl halides is 1. The first-order valence-electron chi connectivity index (χ1n) is 5.97. The maximum Gasteiger partial charge on any atom is 0.253 e. The summed E-state index contributed by atoms with van der Waals surface area (Å²) in [5, 5.41) is 3.06. The van der Waals surface area contributed by atoms with Crippen molar-refractivity contribution >= 4 is 56.4 Å². The van der Waals surface area contributed by atoms with E-state index >= 15 is 0 Å². The Morgan fingerprint density at radius 2 is 2.06 bits per heavy atom. The highest BCUT2D eigenvalue weighted by molar-refractivity contribution is 9.09. The summed E-state index contributed by atoms with van der Waals surface area (Å²) in [6.07, 6.45) is 5.72. The molecule has 1 aromatic heterocycles. The number of carbonyl (C=O) groups is 1. The van der Waals surface area contributed by atoms with Crippen LogP contribution >= 0.6 is 50.5 Å². The summed E-state index contributed by atoms with van der Waals surface area (Å²) in [7, 11) is 0. The van der Waals surface area contributed by atoms with Crippen molar-refractivity contribution in [3.05, 3.63) is 20.3 Å². The number of thiophene rings is 1. The molecule has 0 spiro atoms. The van der Waals surface area contributed by atoms with Gasteiger partial charge in [-0.05, 0) is 18.9 Å². The van der Waals surface area contributed by atoms with Crippen LogP contribution in [0.15, 0.2) is 6.07 Å². The Kier molecular flexibility index (Phi) is 5.36. The minimum atomic E-state index is -0.125. The number of nitrogens with one attached hydrogen (secondary N) is 1. The molecule has 1 saturated carbocycles. The lowest BCUT2D eigenvalue weighted by Gasteiger charge is -2.21. The van der Waals surface area contributed by atoms with Crippen LogP contribution in [0.1, 0.15) is 42.5 Å². The molecule has 0 aromatic carbocycles. The SMILES string of the molecule is O=C(NC1CCCCCC1Br)c1cc(Cl)sc1Cl. The number of halogens is 3. The van der Waals surface area contributed by atoms with Crippen LogP contribution in [0.3, 0.4) is 0 Å². The molecule has 0 aliphatic heterocycles. The molecule has 2 atom stereocenters. The quantitative estimate of drug-likeness (QED) is 0.583. The zero-order chi connectivity index (χ0) is 13.1. The molecule has 1 N–H and O–H groups in total. The summed E-state index contributed by atoms with van der Waals surface area (Å²) in [4.78, 5) is 12.5. The fourth-order valence-corrected chi connectivity index (χ4v) is 4.34.